The first-order valence-electron chi connectivity index (χ1n) is 10.6. The zero-order valence-corrected chi connectivity index (χ0v) is 20.0. The molecular formula is C24H22BrN3O6. The molecule has 0 atom stereocenters. The number of carbonyl (C=O) groups is 4. The summed E-state index contributed by atoms with van der Waals surface area (Å²) in [5, 5.41) is 2.22. The number of amides is 5. The average molecular weight is 528 g/mol. The Morgan fingerprint density at radius 3 is 2.50 bits per heavy atom. The summed E-state index contributed by atoms with van der Waals surface area (Å²) >= 11 is 3.36. The third-order valence-corrected chi connectivity index (χ3v) is 5.91. The second-order valence-electron chi connectivity index (χ2n) is 7.74. The van der Waals surface area contributed by atoms with Gasteiger partial charge in [0.25, 0.3) is 17.7 Å². The minimum Gasteiger partial charge on any atom is -0.484 e. The number of ether oxygens (including phenoxy) is 2. The molecule has 0 spiro atoms. The Morgan fingerprint density at radius 2 is 1.82 bits per heavy atom. The highest BCUT2D eigenvalue weighted by Gasteiger charge is 2.37. The van der Waals surface area contributed by atoms with Gasteiger partial charge in [0.2, 0.25) is 0 Å². The lowest BCUT2D eigenvalue weighted by atomic mass is 10.1. The fourth-order valence-corrected chi connectivity index (χ4v) is 4.10. The molecule has 5 amide bonds. The minimum absolute atomic E-state index is 0.0923. The van der Waals surface area contributed by atoms with Gasteiger partial charge in [-0.05, 0) is 54.5 Å². The summed E-state index contributed by atoms with van der Waals surface area (Å²) in [7, 11) is 0. The van der Waals surface area contributed by atoms with Gasteiger partial charge in [-0.25, -0.2) is 9.69 Å². The lowest BCUT2D eigenvalue weighted by molar-refractivity contribution is -0.137. The van der Waals surface area contributed by atoms with Crippen LogP contribution in [0.15, 0.2) is 52.5 Å². The molecule has 2 heterocycles. The number of imide groups is 2. The van der Waals surface area contributed by atoms with Gasteiger partial charge in [-0.2, -0.15) is 0 Å². The summed E-state index contributed by atoms with van der Waals surface area (Å²) in [6.07, 6.45) is 1.41. The summed E-state index contributed by atoms with van der Waals surface area (Å²) in [5.41, 5.74) is 1.47. The highest BCUT2D eigenvalue weighted by molar-refractivity contribution is 9.10. The molecular weight excluding hydrogens is 506 g/mol. The molecule has 1 N–H and O–H groups in total. The van der Waals surface area contributed by atoms with Crippen LogP contribution >= 0.6 is 15.9 Å². The Balaban J connectivity index is 1.47. The van der Waals surface area contributed by atoms with Gasteiger partial charge in [0.05, 0.1) is 18.9 Å². The summed E-state index contributed by atoms with van der Waals surface area (Å²) in [6, 6.07) is 10.9. The maximum atomic E-state index is 13.1. The van der Waals surface area contributed by atoms with E-state index in [4.69, 9.17) is 9.47 Å². The molecule has 2 aromatic carbocycles. The highest BCUT2D eigenvalue weighted by Crippen LogP contribution is 2.27. The number of aryl methyl sites for hydroxylation is 1. The third-order valence-electron chi connectivity index (χ3n) is 5.42. The van der Waals surface area contributed by atoms with E-state index in [1.165, 1.54) is 6.08 Å². The number of barbiturate groups is 1. The molecule has 2 saturated heterocycles. The summed E-state index contributed by atoms with van der Waals surface area (Å²) in [6.45, 7) is 3.81. The van der Waals surface area contributed by atoms with E-state index in [0.29, 0.717) is 48.9 Å². The maximum absolute atomic E-state index is 13.1. The van der Waals surface area contributed by atoms with E-state index in [0.717, 1.165) is 9.37 Å². The molecule has 0 aromatic heterocycles. The van der Waals surface area contributed by atoms with Crippen LogP contribution in [0.25, 0.3) is 6.08 Å². The third kappa shape index (κ3) is 5.18. The van der Waals surface area contributed by atoms with Crippen LogP contribution in [0, 0.1) is 6.92 Å². The predicted octanol–water partition coefficient (Wildman–Crippen LogP) is 2.66. The molecule has 10 heteroatoms. The summed E-state index contributed by atoms with van der Waals surface area (Å²) in [5.74, 6) is -1.12. The molecule has 2 aliphatic heterocycles. The van der Waals surface area contributed by atoms with Crippen molar-refractivity contribution in [1.82, 2.24) is 10.2 Å². The van der Waals surface area contributed by atoms with Gasteiger partial charge in [-0.15, -0.1) is 0 Å². The second-order valence-corrected chi connectivity index (χ2v) is 8.66. The number of benzene rings is 2. The molecule has 0 bridgehead atoms. The summed E-state index contributed by atoms with van der Waals surface area (Å²) < 4.78 is 11.6. The standard InChI is InChI=1S/C24H22BrN3O6/c1-15-12-17(25)4-7-20(15)28-23(31)19(22(30)26-24(28)32)13-16-2-5-18(6-3-16)34-14-21(29)27-8-10-33-11-9-27/h2-7,12-13H,8-11,14H2,1H3,(H,26,30,32)/b19-13+. The Labute approximate surface area is 204 Å². The molecule has 2 aliphatic rings. The summed E-state index contributed by atoms with van der Waals surface area (Å²) in [4.78, 5) is 52.7. The normalized spacial score (nSPS) is 17.7. The van der Waals surface area contributed by atoms with Crippen LogP contribution in [0.2, 0.25) is 0 Å². The minimum atomic E-state index is -0.800. The van der Waals surface area contributed by atoms with Gasteiger partial charge in [0.1, 0.15) is 11.3 Å². The molecule has 4 rings (SSSR count). The van der Waals surface area contributed by atoms with E-state index in [-0.39, 0.29) is 18.1 Å². The molecule has 176 valence electrons. The maximum Gasteiger partial charge on any atom is 0.335 e. The van der Waals surface area contributed by atoms with Crippen LogP contribution in [0.1, 0.15) is 11.1 Å². The number of anilines is 1. The number of halogens is 1. The van der Waals surface area contributed by atoms with Gasteiger partial charge in [0, 0.05) is 17.6 Å². The highest BCUT2D eigenvalue weighted by atomic mass is 79.9. The molecule has 0 saturated carbocycles. The molecule has 34 heavy (non-hydrogen) atoms. The largest absolute Gasteiger partial charge is 0.484 e. The number of carbonyl (C=O) groups excluding carboxylic acids is 4. The van der Waals surface area contributed by atoms with Crippen molar-refractivity contribution in [1.29, 1.82) is 0 Å². The van der Waals surface area contributed by atoms with Gasteiger partial charge in [0.15, 0.2) is 6.61 Å². The van der Waals surface area contributed by atoms with Crippen molar-refractivity contribution >= 4 is 51.4 Å². The Hall–Kier alpha value is -3.50. The molecule has 2 fully saturated rings. The Morgan fingerprint density at radius 1 is 1.12 bits per heavy atom. The molecule has 9 nitrogen and oxygen atoms in total. The van der Waals surface area contributed by atoms with Crippen LogP contribution in [0.5, 0.6) is 5.75 Å². The van der Waals surface area contributed by atoms with Gasteiger partial charge in [-0.3, -0.25) is 19.7 Å². The van der Waals surface area contributed by atoms with Crippen molar-refractivity contribution in [2.24, 2.45) is 0 Å². The van der Waals surface area contributed by atoms with E-state index >= 15 is 0 Å². The van der Waals surface area contributed by atoms with E-state index < -0.39 is 17.8 Å². The van der Waals surface area contributed by atoms with Crippen molar-refractivity contribution in [2.45, 2.75) is 6.92 Å². The van der Waals surface area contributed by atoms with Crippen LogP contribution in [0.4, 0.5) is 10.5 Å². The number of hydrogen-bond donors (Lipinski definition) is 1. The lowest BCUT2D eigenvalue weighted by Gasteiger charge is -2.27. The zero-order chi connectivity index (χ0) is 24.2. The zero-order valence-electron chi connectivity index (χ0n) is 18.4. The predicted molar refractivity (Wildman–Crippen MR) is 127 cm³/mol. The molecule has 0 unspecified atom stereocenters. The van der Waals surface area contributed by atoms with Crippen LogP contribution in [0.3, 0.4) is 0 Å². The fraction of sp³-hybridized carbons (Fsp3) is 0.250. The first-order valence-corrected chi connectivity index (χ1v) is 11.4. The average Bonchev–Trinajstić information content (AvgIpc) is 2.82. The first-order chi connectivity index (χ1) is 16.3. The fourth-order valence-electron chi connectivity index (χ4n) is 3.62. The van der Waals surface area contributed by atoms with E-state index in [9.17, 15) is 19.2 Å². The molecule has 0 aliphatic carbocycles. The monoisotopic (exact) mass is 527 g/mol. The quantitative estimate of drug-likeness (QED) is 0.473. The van der Waals surface area contributed by atoms with Crippen molar-refractivity contribution < 1.29 is 28.7 Å². The van der Waals surface area contributed by atoms with E-state index in [1.54, 1.807) is 54.3 Å². The molecule has 0 radical (unpaired) electrons. The van der Waals surface area contributed by atoms with Gasteiger partial charge >= 0.3 is 6.03 Å². The SMILES string of the molecule is Cc1cc(Br)ccc1N1C(=O)NC(=O)/C(=C\c2ccc(OCC(=O)N3CCOCC3)cc2)C1=O. The molecule has 2 aromatic rings. The number of morpholine rings is 1. The first kappa shape index (κ1) is 23.7. The topological polar surface area (TPSA) is 105 Å². The Kier molecular flexibility index (Phi) is 7.09. The van der Waals surface area contributed by atoms with Gasteiger partial charge < -0.3 is 14.4 Å². The van der Waals surface area contributed by atoms with Crippen LogP contribution < -0.4 is 15.0 Å². The van der Waals surface area contributed by atoms with Crippen molar-refractivity contribution in [3.63, 3.8) is 0 Å². The number of rotatable bonds is 5. The number of urea groups is 1. The lowest BCUT2D eigenvalue weighted by Crippen LogP contribution is -2.54. The smallest absolute Gasteiger partial charge is 0.335 e. The Bertz CT molecular complexity index is 1170. The van der Waals surface area contributed by atoms with Gasteiger partial charge in [-0.1, -0.05) is 28.1 Å². The van der Waals surface area contributed by atoms with E-state index in [1.807, 2.05) is 0 Å². The van der Waals surface area contributed by atoms with Crippen LogP contribution in [-0.4, -0.2) is 61.6 Å². The van der Waals surface area contributed by atoms with E-state index in [2.05, 4.69) is 21.2 Å². The van der Waals surface area contributed by atoms with Crippen molar-refractivity contribution in [3.8, 4) is 5.75 Å². The van der Waals surface area contributed by atoms with Crippen LogP contribution in [-0.2, 0) is 19.1 Å². The number of nitrogens with zero attached hydrogens (tertiary/aromatic N) is 2. The van der Waals surface area contributed by atoms with Crippen molar-refractivity contribution in [2.75, 3.05) is 37.8 Å². The van der Waals surface area contributed by atoms with Crippen molar-refractivity contribution in [3.05, 3.63) is 63.6 Å². The number of nitrogens with one attached hydrogen (secondary N) is 1. The second kappa shape index (κ2) is 10.2. The number of hydrogen-bond acceptors (Lipinski definition) is 6.